The molecule has 1 aromatic rings. The molecule has 1 unspecified atom stereocenters. The maximum atomic E-state index is 11.0. The number of carbonyl (C=O) groups is 1. The van der Waals surface area contributed by atoms with E-state index in [1.54, 1.807) is 12.3 Å². The quantitative estimate of drug-likeness (QED) is 0.880. The van der Waals surface area contributed by atoms with Crippen LogP contribution in [0.5, 0.6) is 0 Å². The fourth-order valence-electron chi connectivity index (χ4n) is 3.14. The van der Waals surface area contributed by atoms with Crippen LogP contribution in [0, 0.1) is 0 Å². The van der Waals surface area contributed by atoms with Crippen LogP contribution < -0.4 is 0 Å². The SMILES string of the molecule is O=C(O)c1cc(CN2CCC(N3CCOCC3)C2)ccn1. The van der Waals surface area contributed by atoms with Crippen LogP contribution in [0.2, 0.25) is 0 Å². The molecule has 0 radical (unpaired) electrons. The summed E-state index contributed by atoms with van der Waals surface area (Å²) in [5.41, 5.74) is 1.14. The Morgan fingerprint density at radius 3 is 2.95 bits per heavy atom. The molecule has 0 aliphatic carbocycles. The molecule has 1 aromatic heterocycles. The highest BCUT2D eigenvalue weighted by molar-refractivity contribution is 5.85. The fourth-order valence-corrected chi connectivity index (χ4v) is 3.14. The first-order valence-electron chi connectivity index (χ1n) is 7.45. The summed E-state index contributed by atoms with van der Waals surface area (Å²) in [5, 5.41) is 8.99. The number of aromatic nitrogens is 1. The van der Waals surface area contributed by atoms with Crippen molar-refractivity contribution >= 4 is 5.97 Å². The smallest absolute Gasteiger partial charge is 0.354 e. The minimum atomic E-state index is -0.968. The number of morpholine rings is 1. The van der Waals surface area contributed by atoms with Gasteiger partial charge in [-0.2, -0.15) is 0 Å². The zero-order valence-electron chi connectivity index (χ0n) is 12.1. The molecule has 0 bridgehead atoms. The minimum absolute atomic E-state index is 0.122. The van der Waals surface area contributed by atoms with Crippen molar-refractivity contribution in [1.82, 2.24) is 14.8 Å². The van der Waals surface area contributed by atoms with Crippen LogP contribution in [-0.4, -0.2) is 71.3 Å². The van der Waals surface area contributed by atoms with Crippen LogP contribution in [0.25, 0.3) is 0 Å². The van der Waals surface area contributed by atoms with Crippen molar-refractivity contribution in [2.24, 2.45) is 0 Å². The van der Waals surface area contributed by atoms with E-state index in [1.165, 1.54) is 6.42 Å². The average Bonchev–Trinajstić information content (AvgIpc) is 2.97. The third-order valence-corrected chi connectivity index (χ3v) is 4.26. The molecule has 6 heteroatoms. The lowest BCUT2D eigenvalue weighted by Gasteiger charge is -2.32. The average molecular weight is 291 g/mol. The predicted molar refractivity (Wildman–Crippen MR) is 77.3 cm³/mol. The largest absolute Gasteiger partial charge is 0.477 e. The molecule has 114 valence electrons. The number of nitrogens with zero attached hydrogens (tertiary/aromatic N) is 3. The summed E-state index contributed by atoms with van der Waals surface area (Å²) in [6.07, 6.45) is 2.76. The summed E-state index contributed by atoms with van der Waals surface area (Å²) in [6, 6.07) is 4.17. The lowest BCUT2D eigenvalue weighted by Crippen LogP contribution is -2.44. The Morgan fingerprint density at radius 2 is 2.19 bits per heavy atom. The van der Waals surface area contributed by atoms with Crippen LogP contribution in [-0.2, 0) is 11.3 Å². The van der Waals surface area contributed by atoms with Gasteiger partial charge in [0.15, 0.2) is 0 Å². The molecule has 1 atom stereocenters. The van der Waals surface area contributed by atoms with Crippen LogP contribution in [0.4, 0.5) is 0 Å². The van der Waals surface area contributed by atoms with Crippen LogP contribution >= 0.6 is 0 Å². The first kappa shape index (κ1) is 14.4. The highest BCUT2D eigenvalue weighted by Crippen LogP contribution is 2.19. The fraction of sp³-hybridized carbons (Fsp3) is 0.600. The Kier molecular flexibility index (Phi) is 4.48. The van der Waals surface area contributed by atoms with Gasteiger partial charge in [-0.05, 0) is 24.1 Å². The van der Waals surface area contributed by atoms with Gasteiger partial charge in [0, 0.05) is 45.0 Å². The van der Waals surface area contributed by atoms with E-state index in [2.05, 4.69) is 14.8 Å². The van der Waals surface area contributed by atoms with Crippen LogP contribution in [0.3, 0.4) is 0 Å². The molecule has 6 nitrogen and oxygen atoms in total. The third kappa shape index (κ3) is 3.58. The molecule has 21 heavy (non-hydrogen) atoms. The van der Waals surface area contributed by atoms with E-state index in [-0.39, 0.29) is 5.69 Å². The molecular weight excluding hydrogens is 270 g/mol. The van der Waals surface area contributed by atoms with Crippen molar-refractivity contribution in [2.75, 3.05) is 39.4 Å². The molecule has 2 saturated heterocycles. The number of ether oxygens (including phenoxy) is 1. The molecule has 2 fully saturated rings. The Labute approximate surface area is 124 Å². The number of likely N-dealkylation sites (tertiary alicyclic amines) is 1. The Balaban J connectivity index is 1.56. The molecule has 2 aliphatic rings. The summed E-state index contributed by atoms with van der Waals surface area (Å²) in [6.45, 7) is 6.63. The van der Waals surface area contributed by atoms with E-state index >= 15 is 0 Å². The highest BCUT2D eigenvalue weighted by Gasteiger charge is 2.28. The Bertz CT molecular complexity index is 503. The van der Waals surface area contributed by atoms with Crippen LogP contribution in [0.15, 0.2) is 18.3 Å². The second kappa shape index (κ2) is 6.51. The molecular formula is C15H21N3O3. The first-order valence-corrected chi connectivity index (χ1v) is 7.45. The summed E-state index contributed by atoms with van der Waals surface area (Å²) in [4.78, 5) is 19.7. The summed E-state index contributed by atoms with van der Waals surface area (Å²) < 4.78 is 5.40. The topological polar surface area (TPSA) is 65.9 Å². The van der Waals surface area contributed by atoms with E-state index in [0.29, 0.717) is 6.04 Å². The van der Waals surface area contributed by atoms with E-state index in [1.807, 2.05) is 6.07 Å². The van der Waals surface area contributed by atoms with Gasteiger partial charge < -0.3 is 9.84 Å². The maximum absolute atomic E-state index is 11.0. The second-order valence-corrected chi connectivity index (χ2v) is 5.68. The van der Waals surface area contributed by atoms with Gasteiger partial charge in [0.2, 0.25) is 0 Å². The standard InChI is InChI=1S/C15H21N3O3/c19-15(20)14-9-12(1-3-16-14)10-17-4-2-13(11-17)18-5-7-21-8-6-18/h1,3,9,13H,2,4-8,10-11H2,(H,19,20). The van der Waals surface area contributed by atoms with Gasteiger partial charge in [0.05, 0.1) is 13.2 Å². The Hall–Kier alpha value is -1.50. The number of hydrogen-bond donors (Lipinski definition) is 1. The lowest BCUT2D eigenvalue weighted by molar-refractivity contribution is 0.0184. The number of hydrogen-bond acceptors (Lipinski definition) is 5. The number of pyridine rings is 1. The molecule has 0 spiro atoms. The lowest BCUT2D eigenvalue weighted by atomic mass is 10.2. The van der Waals surface area contributed by atoms with Gasteiger partial charge in [-0.15, -0.1) is 0 Å². The van der Waals surface area contributed by atoms with Crippen molar-refractivity contribution in [2.45, 2.75) is 19.0 Å². The summed E-state index contributed by atoms with van der Waals surface area (Å²) in [7, 11) is 0. The number of rotatable bonds is 4. The van der Waals surface area contributed by atoms with Gasteiger partial charge in [0.25, 0.3) is 0 Å². The number of aromatic carboxylic acids is 1. The molecule has 3 rings (SSSR count). The van der Waals surface area contributed by atoms with Crippen molar-refractivity contribution in [1.29, 1.82) is 0 Å². The van der Waals surface area contributed by atoms with Gasteiger partial charge >= 0.3 is 5.97 Å². The van der Waals surface area contributed by atoms with Crippen molar-refractivity contribution in [3.8, 4) is 0 Å². The van der Waals surface area contributed by atoms with Crippen LogP contribution in [0.1, 0.15) is 22.5 Å². The minimum Gasteiger partial charge on any atom is -0.477 e. The molecule has 3 heterocycles. The molecule has 0 aromatic carbocycles. The molecule has 2 aliphatic heterocycles. The maximum Gasteiger partial charge on any atom is 0.354 e. The number of carboxylic acid groups (broad SMARTS) is 1. The molecule has 0 amide bonds. The van der Waals surface area contributed by atoms with E-state index in [0.717, 1.165) is 51.5 Å². The van der Waals surface area contributed by atoms with Gasteiger partial charge in [-0.1, -0.05) is 0 Å². The summed E-state index contributed by atoms with van der Waals surface area (Å²) in [5.74, 6) is -0.968. The zero-order chi connectivity index (χ0) is 14.7. The monoisotopic (exact) mass is 291 g/mol. The molecule has 1 N–H and O–H groups in total. The van der Waals surface area contributed by atoms with Crippen molar-refractivity contribution in [3.05, 3.63) is 29.6 Å². The number of carboxylic acids is 1. The second-order valence-electron chi connectivity index (χ2n) is 5.68. The van der Waals surface area contributed by atoms with Crippen molar-refractivity contribution in [3.63, 3.8) is 0 Å². The zero-order valence-corrected chi connectivity index (χ0v) is 12.1. The van der Waals surface area contributed by atoms with Crippen molar-refractivity contribution < 1.29 is 14.6 Å². The van der Waals surface area contributed by atoms with Gasteiger partial charge in [-0.3, -0.25) is 9.80 Å². The Morgan fingerprint density at radius 1 is 1.38 bits per heavy atom. The normalized spacial score (nSPS) is 24.3. The molecule has 0 saturated carbocycles. The van der Waals surface area contributed by atoms with E-state index in [9.17, 15) is 4.79 Å². The highest BCUT2D eigenvalue weighted by atomic mass is 16.5. The van der Waals surface area contributed by atoms with E-state index in [4.69, 9.17) is 9.84 Å². The van der Waals surface area contributed by atoms with E-state index < -0.39 is 5.97 Å². The van der Waals surface area contributed by atoms with Gasteiger partial charge in [0.1, 0.15) is 5.69 Å². The third-order valence-electron chi connectivity index (χ3n) is 4.26. The first-order chi connectivity index (χ1) is 10.2. The van der Waals surface area contributed by atoms with Gasteiger partial charge in [-0.25, -0.2) is 9.78 Å². The predicted octanol–water partition coefficient (Wildman–Crippen LogP) is 0.686. The summed E-state index contributed by atoms with van der Waals surface area (Å²) >= 11 is 0.